The molecule has 0 aromatic carbocycles. The van der Waals surface area contributed by atoms with Gasteiger partial charge in [0.15, 0.2) is 11.4 Å². The predicted octanol–water partition coefficient (Wildman–Crippen LogP) is 2.11. The average molecular weight is 504 g/mol. The molecule has 190 valence electrons. The van der Waals surface area contributed by atoms with E-state index in [0.29, 0.717) is 36.5 Å². The number of imidazole rings is 1. The molecule has 1 fully saturated rings. The van der Waals surface area contributed by atoms with E-state index in [9.17, 15) is 23.6 Å². The van der Waals surface area contributed by atoms with Gasteiger partial charge in [0.25, 0.3) is 5.91 Å². The van der Waals surface area contributed by atoms with Gasteiger partial charge in [-0.15, -0.1) is 0 Å². The van der Waals surface area contributed by atoms with Crippen LogP contribution in [-0.2, 0) is 22.7 Å². The molecular weight excluding hydrogens is 470 g/mol. The Kier molecular flexibility index (Phi) is 8.18. The molecule has 10 nitrogen and oxygen atoms in total. The number of nitriles is 1. The van der Waals surface area contributed by atoms with Crippen LogP contribution in [0.4, 0.5) is 0 Å². The number of methoxy groups -OCH3 is 1. The summed E-state index contributed by atoms with van der Waals surface area (Å²) in [5.41, 5.74) is 0.182. The van der Waals surface area contributed by atoms with E-state index in [1.54, 1.807) is 10.8 Å². The van der Waals surface area contributed by atoms with Crippen molar-refractivity contribution in [2.45, 2.75) is 69.6 Å². The smallest absolute Gasteiger partial charge is 0.273 e. The van der Waals surface area contributed by atoms with Crippen LogP contribution >= 0.6 is 0 Å². The van der Waals surface area contributed by atoms with Gasteiger partial charge in [0.2, 0.25) is 0 Å². The molecule has 0 radical (unpaired) electrons. The zero-order valence-corrected chi connectivity index (χ0v) is 21.5. The first-order chi connectivity index (χ1) is 16.6. The number of hydrogen-bond acceptors (Lipinski definition) is 8. The minimum Gasteiger partial charge on any atom is -0.494 e. The normalized spacial score (nSPS) is 20.3. The zero-order valence-electron chi connectivity index (χ0n) is 20.7. The van der Waals surface area contributed by atoms with Gasteiger partial charge in [0, 0.05) is 31.0 Å². The van der Waals surface area contributed by atoms with E-state index in [4.69, 9.17) is 4.74 Å². The standard InChI is InChI=1S/C24H33N5O5S/c1-5-7-16-12-20(34-3)19(14-26-16)29-18(13-25)22(28-21(29)6-2)23(30)27-15-24(31)10-8-17(9-11-24)35(4,32)33/h12,14,17,31H,5-11,15H2,1-4H3,(H,27,30). The van der Waals surface area contributed by atoms with Crippen LogP contribution in [0.25, 0.3) is 5.69 Å². The van der Waals surface area contributed by atoms with E-state index in [1.807, 2.05) is 13.0 Å². The van der Waals surface area contributed by atoms with Crippen LogP contribution < -0.4 is 10.1 Å². The summed E-state index contributed by atoms with van der Waals surface area (Å²) in [6.07, 6.45) is 6.19. The maximum absolute atomic E-state index is 13.0. The number of ether oxygens (including phenoxy) is 1. The highest BCUT2D eigenvalue weighted by Gasteiger charge is 2.37. The molecule has 1 amide bonds. The van der Waals surface area contributed by atoms with Gasteiger partial charge >= 0.3 is 0 Å². The first kappa shape index (κ1) is 26.6. The highest BCUT2D eigenvalue weighted by molar-refractivity contribution is 7.91. The number of aromatic nitrogens is 3. The average Bonchev–Trinajstić information content (AvgIpc) is 3.21. The molecule has 2 aromatic rings. The lowest BCUT2D eigenvalue weighted by molar-refractivity contribution is 0.00607. The Bertz CT molecular complexity index is 1220. The van der Waals surface area contributed by atoms with Gasteiger partial charge in [-0.2, -0.15) is 5.26 Å². The van der Waals surface area contributed by atoms with Crippen LogP contribution in [0.15, 0.2) is 12.3 Å². The van der Waals surface area contributed by atoms with Crippen LogP contribution in [0.3, 0.4) is 0 Å². The lowest BCUT2D eigenvalue weighted by Crippen LogP contribution is -2.47. The summed E-state index contributed by atoms with van der Waals surface area (Å²) in [5, 5.41) is 23.0. The van der Waals surface area contributed by atoms with Crippen molar-refractivity contribution in [1.82, 2.24) is 19.9 Å². The van der Waals surface area contributed by atoms with Crippen molar-refractivity contribution in [3.8, 4) is 17.5 Å². The summed E-state index contributed by atoms with van der Waals surface area (Å²) in [7, 11) is -1.63. The number of carbonyl (C=O) groups excluding carboxylic acids is 1. The van der Waals surface area contributed by atoms with E-state index in [2.05, 4.69) is 28.3 Å². The largest absolute Gasteiger partial charge is 0.494 e. The summed E-state index contributed by atoms with van der Waals surface area (Å²) in [4.78, 5) is 21.9. The predicted molar refractivity (Wildman–Crippen MR) is 130 cm³/mol. The first-order valence-corrected chi connectivity index (χ1v) is 13.8. The van der Waals surface area contributed by atoms with E-state index in [-0.39, 0.29) is 30.8 Å². The lowest BCUT2D eigenvalue weighted by atomic mass is 9.84. The summed E-state index contributed by atoms with van der Waals surface area (Å²) in [6, 6.07) is 3.91. The second kappa shape index (κ2) is 10.7. The Hall–Kier alpha value is -2.97. The van der Waals surface area contributed by atoms with Crippen molar-refractivity contribution in [3.05, 3.63) is 35.2 Å². The highest BCUT2D eigenvalue weighted by atomic mass is 32.2. The second-order valence-corrected chi connectivity index (χ2v) is 11.4. The number of aryl methyl sites for hydroxylation is 2. The van der Waals surface area contributed by atoms with Crippen molar-refractivity contribution in [2.75, 3.05) is 19.9 Å². The number of hydrogen-bond donors (Lipinski definition) is 2. The second-order valence-electron chi connectivity index (χ2n) is 9.06. The minimum absolute atomic E-state index is 0.0440. The fourth-order valence-electron chi connectivity index (χ4n) is 4.48. The van der Waals surface area contributed by atoms with E-state index < -0.39 is 26.6 Å². The third-order valence-corrected chi connectivity index (χ3v) is 8.18. The van der Waals surface area contributed by atoms with Gasteiger partial charge in [-0.3, -0.25) is 14.3 Å². The quantitative estimate of drug-likeness (QED) is 0.529. The van der Waals surface area contributed by atoms with Crippen molar-refractivity contribution in [3.63, 3.8) is 0 Å². The first-order valence-electron chi connectivity index (χ1n) is 11.8. The molecule has 11 heteroatoms. The number of rotatable bonds is 9. The number of amides is 1. The molecule has 2 aromatic heterocycles. The third kappa shape index (κ3) is 5.82. The molecule has 0 bridgehead atoms. The highest BCUT2D eigenvalue weighted by Crippen LogP contribution is 2.32. The molecule has 0 atom stereocenters. The number of sulfone groups is 1. The van der Waals surface area contributed by atoms with Crippen LogP contribution in [0.5, 0.6) is 5.75 Å². The van der Waals surface area contributed by atoms with Crippen molar-refractivity contribution in [2.24, 2.45) is 0 Å². The van der Waals surface area contributed by atoms with Gasteiger partial charge in [-0.25, -0.2) is 13.4 Å². The number of pyridine rings is 1. The molecular formula is C24H33N5O5S. The van der Waals surface area contributed by atoms with Crippen LogP contribution in [0.1, 0.15) is 73.7 Å². The Morgan fingerprint density at radius 2 is 2.06 bits per heavy atom. The van der Waals surface area contributed by atoms with Crippen LogP contribution in [0.2, 0.25) is 0 Å². The minimum atomic E-state index is -3.17. The molecule has 0 unspecified atom stereocenters. The van der Waals surface area contributed by atoms with Crippen molar-refractivity contribution in [1.29, 1.82) is 5.26 Å². The Morgan fingerprint density at radius 1 is 1.37 bits per heavy atom. The summed E-state index contributed by atoms with van der Waals surface area (Å²) in [5.74, 6) is 0.446. The van der Waals surface area contributed by atoms with Crippen LogP contribution in [0, 0.1) is 11.3 Å². The van der Waals surface area contributed by atoms with E-state index in [0.717, 1.165) is 18.5 Å². The van der Waals surface area contributed by atoms with Crippen molar-refractivity contribution < 1.29 is 23.1 Å². The molecule has 2 N–H and O–H groups in total. The van der Waals surface area contributed by atoms with Gasteiger partial charge in [-0.1, -0.05) is 20.3 Å². The summed E-state index contributed by atoms with van der Waals surface area (Å²) < 4.78 is 30.7. The van der Waals surface area contributed by atoms with E-state index >= 15 is 0 Å². The zero-order chi connectivity index (χ0) is 25.8. The molecule has 1 saturated carbocycles. The fourth-order valence-corrected chi connectivity index (χ4v) is 5.57. The SMILES string of the molecule is CCCc1cc(OC)c(-n2c(CC)nc(C(=O)NCC3(O)CCC(S(C)(=O)=O)CC3)c2C#N)cn1. The number of nitrogens with one attached hydrogen (secondary N) is 1. The van der Waals surface area contributed by atoms with Crippen LogP contribution in [-0.4, -0.2) is 64.7 Å². The Balaban J connectivity index is 1.85. The molecule has 0 saturated heterocycles. The molecule has 0 spiro atoms. The number of carbonyl (C=O) groups is 1. The summed E-state index contributed by atoms with van der Waals surface area (Å²) >= 11 is 0. The molecule has 1 aliphatic carbocycles. The molecule has 1 aliphatic rings. The Morgan fingerprint density at radius 3 is 2.60 bits per heavy atom. The van der Waals surface area contributed by atoms with E-state index in [1.165, 1.54) is 13.4 Å². The molecule has 2 heterocycles. The van der Waals surface area contributed by atoms with Gasteiger partial charge < -0.3 is 15.2 Å². The van der Waals surface area contributed by atoms with Gasteiger partial charge in [0.05, 0.1) is 24.2 Å². The monoisotopic (exact) mass is 503 g/mol. The molecule has 3 rings (SSSR count). The van der Waals surface area contributed by atoms with Gasteiger partial charge in [0.1, 0.15) is 33.2 Å². The van der Waals surface area contributed by atoms with Crippen molar-refractivity contribution >= 4 is 15.7 Å². The number of nitrogens with zero attached hydrogens (tertiary/aromatic N) is 4. The molecule has 35 heavy (non-hydrogen) atoms. The summed E-state index contributed by atoms with van der Waals surface area (Å²) in [6.45, 7) is 3.87. The maximum atomic E-state index is 13.0. The third-order valence-electron chi connectivity index (χ3n) is 6.50. The Labute approximate surface area is 206 Å². The maximum Gasteiger partial charge on any atom is 0.273 e. The number of aliphatic hydroxyl groups is 1. The lowest BCUT2D eigenvalue weighted by Gasteiger charge is -2.35. The fraction of sp³-hybridized carbons (Fsp3) is 0.583. The molecule has 0 aliphatic heterocycles. The topological polar surface area (TPSA) is 147 Å². The van der Waals surface area contributed by atoms with Gasteiger partial charge in [-0.05, 0) is 32.1 Å².